The summed E-state index contributed by atoms with van der Waals surface area (Å²) in [5.74, 6) is 0.652. The summed E-state index contributed by atoms with van der Waals surface area (Å²) in [6.45, 7) is 0. The second kappa shape index (κ2) is 10.0. The van der Waals surface area contributed by atoms with Gasteiger partial charge in [0.2, 0.25) is 5.95 Å². The lowest BCUT2D eigenvalue weighted by atomic mass is 9.98. The van der Waals surface area contributed by atoms with Crippen LogP contribution in [0.1, 0.15) is 0 Å². The van der Waals surface area contributed by atoms with Gasteiger partial charge < -0.3 is 4.42 Å². The zero-order chi connectivity index (χ0) is 33.2. The van der Waals surface area contributed by atoms with Crippen molar-refractivity contribution in [1.82, 2.24) is 14.5 Å². The van der Waals surface area contributed by atoms with Crippen molar-refractivity contribution in [3.05, 3.63) is 152 Å². The Morgan fingerprint density at radius 1 is 0.471 bits per heavy atom. The van der Waals surface area contributed by atoms with Crippen LogP contribution in [0.3, 0.4) is 0 Å². The monoisotopic (exact) mass is 667 g/mol. The molecule has 8 aromatic carbocycles. The number of rotatable bonds is 2. The van der Waals surface area contributed by atoms with Crippen molar-refractivity contribution in [2.24, 2.45) is 0 Å². The Morgan fingerprint density at radius 2 is 1.14 bits per heavy atom. The van der Waals surface area contributed by atoms with Gasteiger partial charge in [-0.15, -0.1) is 11.3 Å². The highest BCUT2D eigenvalue weighted by molar-refractivity contribution is 7.27. The Balaban J connectivity index is 1.28. The normalized spacial score (nSPS) is 12.3. The number of benzene rings is 8. The fourth-order valence-electron chi connectivity index (χ4n) is 8.39. The second-order valence-electron chi connectivity index (χ2n) is 13.3. The minimum atomic E-state index is 0.652. The average Bonchev–Trinajstić information content (AvgIpc) is 3.87. The molecule has 0 N–H and O–H groups in total. The molecule has 4 nitrogen and oxygen atoms in total. The maximum atomic E-state index is 6.36. The molecule has 0 aliphatic rings. The van der Waals surface area contributed by atoms with E-state index in [1.54, 1.807) is 0 Å². The number of hydrogen-bond donors (Lipinski definition) is 0. The van der Waals surface area contributed by atoms with E-state index in [-0.39, 0.29) is 0 Å². The molecule has 0 aliphatic heterocycles. The highest BCUT2D eigenvalue weighted by Gasteiger charge is 2.25. The van der Waals surface area contributed by atoms with Crippen LogP contribution in [0.2, 0.25) is 0 Å². The lowest BCUT2D eigenvalue weighted by Crippen LogP contribution is -2.04. The van der Waals surface area contributed by atoms with Gasteiger partial charge in [0, 0.05) is 53.4 Å². The van der Waals surface area contributed by atoms with Crippen molar-refractivity contribution in [3.63, 3.8) is 0 Å². The topological polar surface area (TPSA) is 43.9 Å². The first-order valence-electron chi connectivity index (χ1n) is 17.2. The van der Waals surface area contributed by atoms with Gasteiger partial charge in [-0.25, -0.2) is 9.97 Å². The molecule has 12 aromatic rings. The number of furan rings is 1. The summed E-state index contributed by atoms with van der Waals surface area (Å²) in [7, 11) is 0. The Morgan fingerprint density at radius 3 is 2.02 bits per heavy atom. The number of para-hydroxylation sites is 2. The molecule has 0 saturated heterocycles. The van der Waals surface area contributed by atoms with E-state index in [4.69, 9.17) is 14.4 Å². The summed E-state index contributed by atoms with van der Waals surface area (Å²) in [6.07, 6.45) is 0. The number of thiophene rings is 1. The Bertz CT molecular complexity index is 3440. The van der Waals surface area contributed by atoms with Crippen LogP contribution in [0.25, 0.3) is 114 Å². The van der Waals surface area contributed by atoms with Gasteiger partial charge in [-0.2, -0.15) is 0 Å². The van der Waals surface area contributed by atoms with Gasteiger partial charge in [-0.3, -0.25) is 4.57 Å². The van der Waals surface area contributed by atoms with E-state index in [1.165, 1.54) is 52.5 Å². The summed E-state index contributed by atoms with van der Waals surface area (Å²) >= 11 is 1.85. The van der Waals surface area contributed by atoms with E-state index < -0.39 is 0 Å². The molecule has 0 atom stereocenters. The third kappa shape index (κ3) is 3.68. The van der Waals surface area contributed by atoms with Gasteiger partial charge in [0.05, 0.1) is 26.9 Å². The van der Waals surface area contributed by atoms with Crippen LogP contribution < -0.4 is 0 Å². The zero-order valence-electron chi connectivity index (χ0n) is 27.1. The second-order valence-corrected chi connectivity index (χ2v) is 14.3. The largest absolute Gasteiger partial charge is 0.456 e. The van der Waals surface area contributed by atoms with E-state index in [9.17, 15) is 0 Å². The molecule has 0 radical (unpaired) electrons. The summed E-state index contributed by atoms with van der Waals surface area (Å²) in [4.78, 5) is 10.9. The van der Waals surface area contributed by atoms with Crippen molar-refractivity contribution < 1.29 is 4.42 Å². The molecule has 0 unspecified atom stereocenters. The van der Waals surface area contributed by atoms with E-state index >= 15 is 0 Å². The SMILES string of the molecule is c1ccc2c(c1)ccc1c3c4ccccc4c4c5ccccc5sc4c3n(-c3nc(-c4ccc5c(c4)oc4ccccc45)c4ccccc4n3)c21. The Hall–Kier alpha value is -6.56. The predicted molar refractivity (Wildman–Crippen MR) is 214 cm³/mol. The van der Waals surface area contributed by atoms with Crippen LogP contribution in [0, 0.1) is 0 Å². The minimum Gasteiger partial charge on any atom is -0.456 e. The van der Waals surface area contributed by atoms with E-state index in [2.05, 4.69) is 144 Å². The molecule has 12 rings (SSSR count). The van der Waals surface area contributed by atoms with Gasteiger partial charge in [0.15, 0.2) is 0 Å². The third-order valence-corrected chi connectivity index (χ3v) is 11.8. The molecule has 0 aliphatic carbocycles. The fourth-order valence-corrected chi connectivity index (χ4v) is 9.65. The van der Waals surface area contributed by atoms with Gasteiger partial charge in [-0.05, 0) is 46.5 Å². The highest BCUT2D eigenvalue weighted by atomic mass is 32.1. The molecule has 0 amide bonds. The van der Waals surface area contributed by atoms with Crippen LogP contribution in [0.5, 0.6) is 0 Å². The minimum absolute atomic E-state index is 0.652. The Labute approximate surface area is 294 Å². The van der Waals surface area contributed by atoms with E-state index in [0.717, 1.165) is 55.1 Å². The molecular weight excluding hydrogens is 643 g/mol. The first kappa shape index (κ1) is 27.3. The number of hydrogen-bond acceptors (Lipinski definition) is 4. The number of nitrogens with zero attached hydrogens (tertiary/aromatic N) is 3. The molecule has 0 spiro atoms. The van der Waals surface area contributed by atoms with Crippen molar-refractivity contribution in [2.45, 2.75) is 0 Å². The first-order valence-corrected chi connectivity index (χ1v) is 18.0. The lowest BCUT2D eigenvalue weighted by Gasteiger charge is -2.13. The maximum absolute atomic E-state index is 6.36. The highest BCUT2D eigenvalue weighted by Crippen LogP contribution is 2.49. The quantitative estimate of drug-likeness (QED) is 0.184. The zero-order valence-corrected chi connectivity index (χ0v) is 27.9. The van der Waals surface area contributed by atoms with Crippen molar-refractivity contribution in [2.75, 3.05) is 0 Å². The van der Waals surface area contributed by atoms with Crippen molar-refractivity contribution >= 4 is 108 Å². The number of aromatic nitrogens is 3. The van der Waals surface area contributed by atoms with E-state index in [0.29, 0.717) is 5.95 Å². The van der Waals surface area contributed by atoms with Gasteiger partial charge in [0.1, 0.15) is 11.2 Å². The Kier molecular flexibility index (Phi) is 5.35. The summed E-state index contributed by atoms with van der Waals surface area (Å²) in [5, 5.41) is 13.1. The third-order valence-electron chi connectivity index (χ3n) is 10.6. The van der Waals surface area contributed by atoms with Crippen LogP contribution >= 0.6 is 11.3 Å². The van der Waals surface area contributed by atoms with Gasteiger partial charge >= 0.3 is 0 Å². The standard InChI is InChI=1S/C46H25N3OS/c1-2-12-28-26(11-1)21-24-35-40-31-14-3-4-15-32(31)41-34-17-7-10-20-39(34)51-45(41)44(40)49(43(28)35)46-47-36-18-8-5-16-33(36)42(48-46)27-22-23-30-29-13-6-9-19-37(29)50-38(30)25-27/h1-25H. The van der Waals surface area contributed by atoms with Crippen LogP contribution in [-0.2, 0) is 0 Å². The fraction of sp³-hybridized carbons (Fsp3) is 0. The summed E-state index contributed by atoms with van der Waals surface area (Å²) in [5.41, 5.74) is 6.75. The average molecular weight is 668 g/mol. The van der Waals surface area contributed by atoms with Crippen molar-refractivity contribution in [1.29, 1.82) is 0 Å². The van der Waals surface area contributed by atoms with Crippen molar-refractivity contribution in [3.8, 4) is 17.2 Å². The molecular formula is C46H25N3OS. The maximum Gasteiger partial charge on any atom is 0.235 e. The lowest BCUT2D eigenvalue weighted by molar-refractivity contribution is 0.669. The smallest absolute Gasteiger partial charge is 0.235 e. The molecule has 0 bridgehead atoms. The van der Waals surface area contributed by atoms with Crippen LogP contribution in [0.4, 0.5) is 0 Å². The van der Waals surface area contributed by atoms with Gasteiger partial charge in [-0.1, -0.05) is 121 Å². The predicted octanol–water partition coefficient (Wildman–Crippen LogP) is 13.0. The molecule has 4 heterocycles. The molecule has 5 heteroatoms. The molecule has 236 valence electrons. The summed E-state index contributed by atoms with van der Waals surface area (Å²) < 4.78 is 11.2. The molecule has 51 heavy (non-hydrogen) atoms. The molecule has 0 saturated carbocycles. The van der Waals surface area contributed by atoms with Crippen LogP contribution in [0.15, 0.2) is 156 Å². The first-order chi connectivity index (χ1) is 25.3. The van der Waals surface area contributed by atoms with E-state index in [1.807, 2.05) is 23.5 Å². The van der Waals surface area contributed by atoms with Crippen LogP contribution in [-0.4, -0.2) is 14.5 Å². The van der Waals surface area contributed by atoms with Gasteiger partial charge in [0.25, 0.3) is 0 Å². The molecule has 0 fully saturated rings. The number of fused-ring (bicyclic) bond motifs is 16. The summed E-state index contributed by atoms with van der Waals surface area (Å²) in [6, 6.07) is 53.9. The molecule has 4 aromatic heterocycles.